The molecule has 138 valence electrons. The Hall–Kier alpha value is -2.58. The van der Waals surface area contributed by atoms with E-state index in [4.69, 9.17) is 11.6 Å². The van der Waals surface area contributed by atoms with Crippen molar-refractivity contribution in [2.75, 3.05) is 11.9 Å². The summed E-state index contributed by atoms with van der Waals surface area (Å²) in [6, 6.07) is 7.08. The first-order chi connectivity index (χ1) is 12.3. The van der Waals surface area contributed by atoms with Crippen LogP contribution in [0.15, 0.2) is 33.9 Å². The summed E-state index contributed by atoms with van der Waals surface area (Å²) in [4.78, 5) is 30.0. The molecule has 0 aliphatic rings. The molecular weight excluding hydrogens is 358 g/mol. The van der Waals surface area contributed by atoms with Gasteiger partial charge < -0.3 is 15.0 Å². The molecule has 0 bridgehead atoms. The van der Waals surface area contributed by atoms with Crippen LogP contribution in [0.25, 0.3) is 11.2 Å². The van der Waals surface area contributed by atoms with Gasteiger partial charge in [0.2, 0.25) is 5.95 Å². The Kier molecular flexibility index (Phi) is 4.88. The van der Waals surface area contributed by atoms with E-state index in [1.807, 2.05) is 0 Å². The van der Waals surface area contributed by atoms with Crippen LogP contribution < -0.4 is 16.6 Å². The molecule has 9 heteroatoms. The van der Waals surface area contributed by atoms with Crippen molar-refractivity contribution in [3.8, 4) is 0 Å². The Morgan fingerprint density at radius 1 is 1.23 bits per heavy atom. The van der Waals surface area contributed by atoms with Crippen LogP contribution in [0.5, 0.6) is 0 Å². The summed E-state index contributed by atoms with van der Waals surface area (Å²) in [6.45, 7) is 1.99. The number of aryl methyl sites for hydroxylation is 2. The number of benzene rings is 1. The van der Waals surface area contributed by atoms with Gasteiger partial charge in [0, 0.05) is 25.7 Å². The number of aliphatic hydroxyl groups excluding tert-OH is 1. The first-order valence-corrected chi connectivity index (χ1v) is 8.50. The van der Waals surface area contributed by atoms with Gasteiger partial charge in [-0.15, -0.1) is 0 Å². The molecule has 0 saturated heterocycles. The number of rotatable bonds is 5. The van der Waals surface area contributed by atoms with E-state index in [0.29, 0.717) is 22.1 Å². The molecule has 0 fully saturated rings. The first kappa shape index (κ1) is 18.2. The standard InChI is InChI=1S/C17H20ClN5O3/c1-10(24)8-19-16-20-14-13(21(16)2)15(25)23(17(26)22(14)3)9-11-6-4-5-7-12(11)18/h4-7,10,24H,8-9H2,1-3H3,(H,19,20). The zero-order valence-electron chi connectivity index (χ0n) is 14.7. The molecule has 2 heterocycles. The molecule has 1 unspecified atom stereocenters. The summed E-state index contributed by atoms with van der Waals surface area (Å²) in [5.74, 6) is 0.406. The number of hydrogen-bond acceptors (Lipinski definition) is 5. The van der Waals surface area contributed by atoms with E-state index in [-0.39, 0.29) is 18.7 Å². The zero-order valence-corrected chi connectivity index (χ0v) is 15.5. The topological polar surface area (TPSA) is 94.1 Å². The summed E-state index contributed by atoms with van der Waals surface area (Å²) >= 11 is 6.17. The van der Waals surface area contributed by atoms with Gasteiger partial charge in [0.25, 0.3) is 5.56 Å². The highest BCUT2D eigenvalue weighted by atomic mass is 35.5. The van der Waals surface area contributed by atoms with Gasteiger partial charge in [-0.2, -0.15) is 4.98 Å². The molecule has 0 saturated carbocycles. The number of hydrogen-bond donors (Lipinski definition) is 2. The van der Waals surface area contributed by atoms with Crippen molar-refractivity contribution >= 4 is 28.7 Å². The second kappa shape index (κ2) is 6.97. The molecule has 0 spiro atoms. The second-order valence-electron chi connectivity index (χ2n) is 6.22. The fourth-order valence-electron chi connectivity index (χ4n) is 2.78. The minimum Gasteiger partial charge on any atom is -0.392 e. The number of halogens is 1. The second-order valence-corrected chi connectivity index (χ2v) is 6.63. The average molecular weight is 378 g/mol. The Morgan fingerprint density at radius 3 is 2.58 bits per heavy atom. The molecule has 0 amide bonds. The van der Waals surface area contributed by atoms with E-state index in [2.05, 4.69) is 10.3 Å². The van der Waals surface area contributed by atoms with Gasteiger partial charge in [-0.3, -0.25) is 13.9 Å². The lowest BCUT2D eigenvalue weighted by atomic mass is 10.2. The molecular formula is C17H20ClN5O3. The Bertz CT molecular complexity index is 1080. The summed E-state index contributed by atoms with van der Waals surface area (Å²) in [5.41, 5.74) is 0.353. The Morgan fingerprint density at radius 2 is 1.92 bits per heavy atom. The molecule has 1 aromatic carbocycles. The first-order valence-electron chi connectivity index (χ1n) is 8.12. The van der Waals surface area contributed by atoms with Crippen LogP contribution in [0.1, 0.15) is 12.5 Å². The van der Waals surface area contributed by atoms with Crippen molar-refractivity contribution < 1.29 is 5.11 Å². The highest BCUT2D eigenvalue weighted by molar-refractivity contribution is 6.31. The monoisotopic (exact) mass is 377 g/mol. The maximum absolute atomic E-state index is 13.0. The van der Waals surface area contributed by atoms with Crippen LogP contribution in [-0.4, -0.2) is 36.4 Å². The summed E-state index contributed by atoms with van der Waals surface area (Å²) in [7, 11) is 3.25. The van der Waals surface area contributed by atoms with Crippen molar-refractivity contribution in [2.45, 2.75) is 19.6 Å². The third-order valence-electron chi connectivity index (χ3n) is 4.20. The van der Waals surface area contributed by atoms with Crippen LogP contribution in [0.4, 0.5) is 5.95 Å². The summed E-state index contributed by atoms with van der Waals surface area (Å²) in [5, 5.41) is 12.9. The molecule has 2 N–H and O–H groups in total. The van der Waals surface area contributed by atoms with Crippen LogP contribution in [-0.2, 0) is 20.6 Å². The molecule has 3 aromatic rings. The minimum atomic E-state index is -0.574. The van der Waals surface area contributed by atoms with Gasteiger partial charge in [-0.25, -0.2) is 4.79 Å². The predicted octanol–water partition coefficient (Wildman–Crippen LogP) is 0.928. The zero-order chi connectivity index (χ0) is 19.0. The summed E-state index contributed by atoms with van der Waals surface area (Å²) < 4.78 is 4.06. The number of aliphatic hydroxyl groups is 1. The molecule has 0 aliphatic heterocycles. The van der Waals surface area contributed by atoms with Crippen LogP contribution >= 0.6 is 11.6 Å². The van der Waals surface area contributed by atoms with Crippen molar-refractivity contribution in [1.82, 2.24) is 18.7 Å². The number of fused-ring (bicyclic) bond motifs is 1. The smallest absolute Gasteiger partial charge is 0.332 e. The molecule has 26 heavy (non-hydrogen) atoms. The third-order valence-corrected chi connectivity index (χ3v) is 4.57. The van der Waals surface area contributed by atoms with E-state index < -0.39 is 17.4 Å². The van der Waals surface area contributed by atoms with Crippen LogP contribution in [0.2, 0.25) is 5.02 Å². The third kappa shape index (κ3) is 3.13. The molecule has 1 atom stereocenters. The fourth-order valence-corrected chi connectivity index (χ4v) is 2.97. The Balaban J connectivity index is 2.17. The molecule has 0 radical (unpaired) electrons. The van der Waals surface area contributed by atoms with Gasteiger partial charge in [0.05, 0.1) is 12.6 Å². The van der Waals surface area contributed by atoms with Crippen LogP contribution in [0.3, 0.4) is 0 Å². The molecule has 2 aromatic heterocycles. The van der Waals surface area contributed by atoms with E-state index >= 15 is 0 Å². The number of nitrogens with one attached hydrogen (secondary N) is 1. The number of anilines is 1. The quantitative estimate of drug-likeness (QED) is 0.689. The van der Waals surface area contributed by atoms with Crippen molar-refractivity contribution in [2.24, 2.45) is 14.1 Å². The molecule has 3 rings (SSSR count). The van der Waals surface area contributed by atoms with E-state index in [1.54, 1.807) is 49.9 Å². The predicted molar refractivity (Wildman–Crippen MR) is 101 cm³/mol. The highest BCUT2D eigenvalue weighted by Gasteiger charge is 2.19. The van der Waals surface area contributed by atoms with Crippen molar-refractivity contribution in [3.05, 3.63) is 55.7 Å². The number of nitrogens with zero attached hydrogens (tertiary/aromatic N) is 4. The number of aromatic nitrogens is 4. The van der Waals surface area contributed by atoms with E-state index in [1.165, 1.54) is 4.57 Å². The highest BCUT2D eigenvalue weighted by Crippen LogP contribution is 2.16. The number of imidazole rings is 1. The average Bonchev–Trinajstić information content (AvgIpc) is 2.93. The summed E-state index contributed by atoms with van der Waals surface area (Å²) in [6.07, 6.45) is -0.574. The van der Waals surface area contributed by atoms with E-state index in [0.717, 1.165) is 4.57 Å². The van der Waals surface area contributed by atoms with Gasteiger partial charge >= 0.3 is 5.69 Å². The lowest BCUT2D eigenvalue weighted by Gasteiger charge is -2.10. The van der Waals surface area contributed by atoms with E-state index in [9.17, 15) is 14.7 Å². The largest absolute Gasteiger partial charge is 0.392 e. The molecule has 8 nitrogen and oxygen atoms in total. The maximum Gasteiger partial charge on any atom is 0.332 e. The Labute approximate surface area is 154 Å². The maximum atomic E-state index is 13.0. The van der Waals surface area contributed by atoms with Gasteiger partial charge in [0.1, 0.15) is 0 Å². The lowest BCUT2D eigenvalue weighted by Crippen LogP contribution is -2.39. The fraction of sp³-hybridized carbons (Fsp3) is 0.353. The van der Waals surface area contributed by atoms with Gasteiger partial charge in [-0.05, 0) is 18.6 Å². The van der Waals surface area contributed by atoms with Crippen molar-refractivity contribution in [3.63, 3.8) is 0 Å². The minimum absolute atomic E-state index is 0.0722. The van der Waals surface area contributed by atoms with Gasteiger partial charge in [-0.1, -0.05) is 29.8 Å². The molecule has 0 aliphatic carbocycles. The SMILES string of the molecule is CC(O)CNc1nc2c(c(=O)n(Cc3ccccc3Cl)c(=O)n2C)n1C. The van der Waals surface area contributed by atoms with Gasteiger partial charge in [0.15, 0.2) is 11.2 Å². The van der Waals surface area contributed by atoms with Crippen molar-refractivity contribution in [1.29, 1.82) is 0 Å². The van der Waals surface area contributed by atoms with Crippen LogP contribution in [0, 0.1) is 0 Å². The normalized spacial score (nSPS) is 12.5. The lowest BCUT2D eigenvalue weighted by molar-refractivity contribution is 0.208.